The fourth-order valence-corrected chi connectivity index (χ4v) is 3.43. The van der Waals surface area contributed by atoms with Gasteiger partial charge in [0.15, 0.2) is 5.82 Å². The van der Waals surface area contributed by atoms with Crippen LogP contribution >= 0.6 is 0 Å². The molecule has 0 N–H and O–H groups in total. The quantitative estimate of drug-likeness (QED) is 0.856. The molecule has 0 saturated carbocycles. The molecule has 3 heterocycles. The van der Waals surface area contributed by atoms with Gasteiger partial charge in [0.2, 0.25) is 0 Å². The Balaban J connectivity index is 2.13. The van der Waals surface area contributed by atoms with Crippen LogP contribution in [0.2, 0.25) is 0 Å². The molecule has 3 rings (SSSR count). The van der Waals surface area contributed by atoms with Gasteiger partial charge in [-0.05, 0) is 26.0 Å². The van der Waals surface area contributed by atoms with E-state index in [1.165, 1.54) is 0 Å². The summed E-state index contributed by atoms with van der Waals surface area (Å²) < 4.78 is 24.0. The molecule has 1 saturated heterocycles. The molecule has 1 fully saturated rings. The normalized spacial score (nSPS) is 18.7. The number of nitrogens with zero attached hydrogens (tertiary/aromatic N) is 4. The molecule has 0 unspecified atom stereocenters. The van der Waals surface area contributed by atoms with E-state index in [1.54, 1.807) is 12.5 Å². The van der Waals surface area contributed by atoms with Crippen molar-refractivity contribution in [2.24, 2.45) is 4.36 Å². The summed E-state index contributed by atoms with van der Waals surface area (Å²) >= 11 is 0. The van der Waals surface area contributed by atoms with Gasteiger partial charge in [-0.2, -0.15) is 4.36 Å². The summed E-state index contributed by atoms with van der Waals surface area (Å²) in [5.41, 5.74) is 2.13. The summed E-state index contributed by atoms with van der Waals surface area (Å²) in [7, 11) is -2.27. The van der Waals surface area contributed by atoms with Gasteiger partial charge in [-0.15, -0.1) is 0 Å². The lowest BCUT2D eigenvalue weighted by Gasteiger charge is -2.35. The van der Waals surface area contributed by atoms with Crippen LogP contribution in [-0.2, 0) is 14.5 Å². The van der Waals surface area contributed by atoms with Gasteiger partial charge in [0.1, 0.15) is 5.82 Å². The van der Waals surface area contributed by atoms with Crippen LogP contribution in [0.1, 0.15) is 12.6 Å². The lowest BCUT2D eigenvalue weighted by atomic mass is 10.2. The molecule has 1 aliphatic heterocycles. The first-order valence-electron chi connectivity index (χ1n) is 8.01. The van der Waals surface area contributed by atoms with Gasteiger partial charge >= 0.3 is 0 Å². The molecule has 0 amide bonds. The summed E-state index contributed by atoms with van der Waals surface area (Å²) in [6, 6.07) is 8.27. The molecule has 0 aliphatic carbocycles. The maximum absolute atomic E-state index is 12.1. The van der Waals surface area contributed by atoms with Crippen molar-refractivity contribution < 1.29 is 8.95 Å². The van der Waals surface area contributed by atoms with Crippen LogP contribution in [0, 0.1) is 6.92 Å². The molecule has 1 aliphatic rings. The second-order valence-electron chi connectivity index (χ2n) is 6.45. The minimum absolute atomic E-state index is 0.278. The maximum atomic E-state index is 12.1. The van der Waals surface area contributed by atoms with Crippen LogP contribution in [0.5, 0.6) is 0 Å². The van der Waals surface area contributed by atoms with E-state index in [9.17, 15) is 4.21 Å². The zero-order chi connectivity index (χ0) is 17.3. The summed E-state index contributed by atoms with van der Waals surface area (Å²) in [6.45, 7) is 6.40. The van der Waals surface area contributed by atoms with Crippen molar-refractivity contribution in [1.29, 1.82) is 0 Å². The number of rotatable bonds is 3. The van der Waals surface area contributed by atoms with Gasteiger partial charge in [0.25, 0.3) is 0 Å². The van der Waals surface area contributed by atoms with Crippen LogP contribution in [0.3, 0.4) is 0 Å². The Morgan fingerprint density at radius 3 is 2.79 bits per heavy atom. The zero-order valence-corrected chi connectivity index (χ0v) is 15.4. The Morgan fingerprint density at radius 1 is 1.38 bits per heavy atom. The van der Waals surface area contributed by atoms with Crippen LogP contribution < -0.4 is 4.90 Å². The van der Waals surface area contributed by atoms with Crippen LogP contribution in [0.4, 0.5) is 11.5 Å². The van der Waals surface area contributed by atoms with E-state index >= 15 is 0 Å². The first-order valence-corrected chi connectivity index (χ1v) is 10.3. The Bertz CT molecular complexity index is 844. The van der Waals surface area contributed by atoms with E-state index in [0.29, 0.717) is 19.0 Å². The second kappa shape index (κ2) is 6.57. The highest BCUT2D eigenvalue weighted by molar-refractivity contribution is 7.92. The largest absolute Gasteiger partial charge is 0.377 e. The number of anilines is 1. The number of aryl methyl sites for hydroxylation is 1. The Morgan fingerprint density at radius 2 is 2.17 bits per heavy atom. The van der Waals surface area contributed by atoms with Gasteiger partial charge in [-0.1, -0.05) is 0 Å². The van der Waals surface area contributed by atoms with Gasteiger partial charge in [-0.3, -0.25) is 0 Å². The topological polar surface area (TPSA) is 59.7 Å². The SMILES string of the molecule is Cc1cccn1-c1cc(N2CCOC[C@H]2C)cc(N=S(C)(C)=O)n1. The van der Waals surface area contributed by atoms with Gasteiger partial charge in [0.05, 0.1) is 13.2 Å². The first-order chi connectivity index (χ1) is 11.3. The van der Waals surface area contributed by atoms with E-state index in [1.807, 2.05) is 35.9 Å². The number of pyridine rings is 1. The van der Waals surface area contributed by atoms with Crippen molar-refractivity contribution in [2.75, 3.05) is 37.2 Å². The fourth-order valence-electron chi connectivity index (χ4n) is 2.88. The smallest absolute Gasteiger partial charge is 0.165 e. The zero-order valence-electron chi connectivity index (χ0n) is 14.6. The van der Waals surface area contributed by atoms with Gasteiger partial charge in [-0.25, -0.2) is 9.19 Å². The molecule has 2 aromatic heterocycles. The van der Waals surface area contributed by atoms with E-state index in [-0.39, 0.29) is 6.04 Å². The van der Waals surface area contributed by atoms with Crippen molar-refractivity contribution in [1.82, 2.24) is 9.55 Å². The Labute approximate surface area is 143 Å². The molecule has 6 nitrogen and oxygen atoms in total. The highest BCUT2D eigenvalue weighted by Crippen LogP contribution is 2.27. The number of aromatic nitrogens is 2. The number of morpholine rings is 1. The maximum Gasteiger partial charge on any atom is 0.165 e. The van der Waals surface area contributed by atoms with Crippen molar-refractivity contribution in [2.45, 2.75) is 19.9 Å². The molecule has 0 bridgehead atoms. The molecule has 7 heteroatoms. The lowest BCUT2D eigenvalue weighted by molar-refractivity contribution is 0.0989. The predicted molar refractivity (Wildman–Crippen MR) is 98.0 cm³/mol. The molecule has 130 valence electrons. The monoisotopic (exact) mass is 348 g/mol. The van der Waals surface area contributed by atoms with Gasteiger partial charge in [0, 0.05) is 64.5 Å². The van der Waals surface area contributed by atoms with Crippen molar-refractivity contribution in [3.8, 4) is 5.82 Å². The van der Waals surface area contributed by atoms with Crippen molar-refractivity contribution in [3.63, 3.8) is 0 Å². The predicted octanol–water partition coefficient (Wildman–Crippen LogP) is 2.76. The third kappa shape index (κ3) is 3.79. The number of ether oxygens (including phenoxy) is 1. The lowest BCUT2D eigenvalue weighted by Crippen LogP contribution is -2.43. The Kier molecular flexibility index (Phi) is 4.64. The van der Waals surface area contributed by atoms with Crippen LogP contribution in [0.15, 0.2) is 34.8 Å². The number of hydrogen-bond donors (Lipinski definition) is 0. The van der Waals surface area contributed by atoms with Crippen LogP contribution in [-0.4, -0.2) is 52.1 Å². The first kappa shape index (κ1) is 17.0. The highest BCUT2D eigenvalue weighted by Gasteiger charge is 2.21. The highest BCUT2D eigenvalue weighted by atomic mass is 32.2. The van der Waals surface area contributed by atoms with E-state index < -0.39 is 9.73 Å². The molecule has 0 spiro atoms. The van der Waals surface area contributed by atoms with E-state index in [2.05, 4.69) is 27.2 Å². The molecule has 24 heavy (non-hydrogen) atoms. The van der Waals surface area contributed by atoms with Crippen molar-refractivity contribution >= 4 is 21.2 Å². The molecular formula is C17H24N4O2S. The molecule has 0 radical (unpaired) electrons. The summed E-state index contributed by atoms with van der Waals surface area (Å²) in [6.07, 6.45) is 5.22. The van der Waals surface area contributed by atoms with E-state index in [4.69, 9.17) is 4.74 Å². The van der Waals surface area contributed by atoms with Crippen molar-refractivity contribution in [3.05, 3.63) is 36.2 Å². The average Bonchev–Trinajstić information content (AvgIpc) is 2.92. The summed E-state index contributed by atoms with van der Waals surface area (Å²) in [5, 5.41) is 0. The van der Waals surface area contributed by atoms with Crippen LogP contribution in [0.25, 0.3) is 5.82 Å². The third-order valence-electron chi connectivity index (χ3n) is 4.00. The summed E-state index contributed by atoms with van der Waals surface area (Å²) in [5.74, 6) is 1.29. The molecule has 0 aromatic carbocycles. The minimum Gasteiger partial charge on any atom is -0.377 e. The summed E-state index contributed by atoms with van der Waals surface area (Å²) in [4.78, 5) is 6.89. The minimum atomic E-state index is -2.27. The average molecular weight is 348 g/mol. The Hall–Kier alpha value is -1.86. The standard InChI is InChI=1S/C17H24N4O2S/c1-13-6-5-7-21(13)17-11-15(20-8-9-23-12-14(20)2)10-16(18-17)19-24(3,4)22/h5-7,10-11,14H,8-9,12H2,1-4H3/t14-/m1/s1. The molecule has 1 atom stereocenters. The second-order valence-corrected chi connectivity index (χ2v) is 9.00. The molecular weight excluding hydrogens is 324 g/mol. The fraction of sp³-hybridized carbons (Fsp3) is 0.471. The van der Waals surface area contributed by atoms with Gasteiger partial charge < -0.3 is 14.2 Å². The number of hydrogen-bond acceptors (Lipinski definition) is 5. The van der Waals surface area contributed by atoms with E-state index in [0.717, 1.165) is 23.7 Å². The third-order valence-corrected chi connectivity index (χ3v) is 4.62. The molecule has 2 aromatic rings.